The number of hydrogen-bond donors (Lipinski definition) is 2. The summed E-state index contributed by atoms with van der Waals surface area (Å²) in [4.78, 5) is 11.4. The molecule has 0 saturated carbocycles. The van der Waals surface area contributed by atoms with Crippen molar-refractivity contribution in [3.05, 3.63) is 29.3 Å². The maximum Gasteiger partial charge on any atom is 0.220 e. The Morgan fingerprint density at radius 3 is 2.79 bits per heavy atom. The fourth-order valence-corrected chi connectivity index (χ4v) is 1.59. The van der Waals surface area contributed by atoms with E-state index in [1.54, 1.807) is 12.1 Å². The number of carbonyl (C=O) groups is 1. The van der Waals surface area contributed by atoms with E-state index in [1.165, 1.54) is 0 Å². The highest BCUT2D eigenvalue weighted by Gasteiger charge is 2.08. The second kappa shape index (κ2) is 9.89. The van der Waals surface area contributed by atoms with E-state index in [1.807, 2.05) is 19.1 Å². The molecule has 3 N–H and O–H groups in total. The number of rotatable bonds is 7. The van der Waals surface area contributed by atoms with E-state index in [2.05, 4.69) is 5.32 Å². The number of ether oxygens (including phenoxy) is 1. The number of para-hydroxylation sites is 1. The van der Waals surface area contributed by atoms with Crippen molar-refractivity contribution >= 4 is 29.9 Å². The maximum atomic E-state index is 11.4. The van der Waals surface area contributed by atoms with E-state index in [0.717, 1.165) is 0 Å². The second-order valence-corrected chi connectivity index (χ2v) is 4.46. The molecule has 0 aliphatic carbocycles. The Bertz CT molecular complexity index is 389. The van der Waals surface area contributed by atoms with Gasteiger partial charge >= 0.3 is 0 Å². The van der Waals surface area contributed by atoms with Crippen molar-refractivity contribution < 1.29 is 9.53 Å². The predicted octanol–water partition coefficient (Wildman–Crippen LogP) is 2.38. The SMILES string of the molecule is CC(CNC(=O)CCCN)Oc1ccccc1Cl.Cl. The second-order valence-electron chi connectivity index (χ2n) is 4.06. The third kappa shape index (κ3) is 7.25. The monoisotopic (exact) mass is 306 g/mol. The summed E-state index contributed by atoms with van der Waals surface area (Å²) in [6.45, 7) is 2.86. The topological polar surface area (TPSA) is 64.4 Å². The molecule has 0 saturated heterocycles. The fourth-order valence-electron chi connectivity index (χ4n) is 1.41. The molecule has 1 rings (SSSR count). The van der Waals surface area contributed by atoms with Crippen molar-refractivity contribution in [1.82, 2.24) is 5.32 Å². The van der Waals surface area contributed by atoms with Gasteiger partial charge in [0, 0.05) is 6.42 Å². The highest BCUT2D eigenvalue weighted by molar-refractivity contribution is 6.32. The van der Waals surface area contributed by atoms with E-state index in [9.17, 15) is 4.79 Å². The zero-order valence-corrected chi connectivity index (χ0v) is 12.5. The van der Waals surface area contributed by atoms with E-state index >= 15 is 0 Å². The molecular weight excluding hydrogens is 287 g/mol. The van der Waals surface area contributed by atoms with E-state index in [0.29, 0.717) is 36.7 Å². The molecule has 1 amide bonds. The Kier molecular flexibility index (Phi) is 9.39. The van der Waals surface area contributed by atoms with Crippen LogP contribution in [0, 0.1) is 0 Å². The summed E-state index contributed by atoms with van der Waals surface area (Å²) in [5.74, 6) is 0.623. The number of benzene rings is 1. The number of carbonyl (C=O) groups excluding carboxylic acids is 1. The third-order valence-corrected chi connectivity index (χ3v) is 2.67. The number of nitrogens with one attached hydrogen (secondary N) is 1. The van der Waals surface area contributed by atoms with Gasteiger partial charge in [0.1, 0.15) is 11.9 Å². The van der Waals surface area contributed by atoms with Gasteiger partial charge in [-0.25, -0.2) is 0 Å². The fraction of sp³-hybridized carbons (Fsp3) is 0.462. The van der Waals surface area contributed by atoms with Crippen LogP contribution in [0.1, 0.15) is 19.8 Å². The van der Waals surface area contributed by atoms with Gasteiger partial charge in [-0.2, -0.15) is 0 Å². The minimum atomic E-state index is -0.133. The molecule has 0 fully saturated rings. The largest absolute Gasteiger partial charge is 0.487 e. The molecule has 0 radical (unpaired) electrons. The van der Waals surface area contributed by atoms with Crippen molar-refractivity contribution in [3.63, 3.8) is 0 Å². The standard InChI is InChI=1S/C13H19ClN2O2.ClH/c1-10(9-16-13(17)7-4-8-15)18-12-6-3-2-5-11(12)14;/h2-3,5-6,10H,4,7-9,15H2,1H3,(H,16,17);1H. The van der Waals surface area contributed by atoms with Crippen molar-refractivity contribution in [3.8, 4) is 5.75 Å². The Hall–Kier alpha value is -0.970. The summed E-state index contributed by atoms with van der Waals surface area (Å²) in [5.41, 5.74) is 5.33. The molecule has 19 heavy (non-hydrogen) atoms. The maximum absolute atomic E-state index is 11.4. The predicted molar refractivity (Wildman–Crippen MR) is 80.1 cm³/mol. The van der Waals surface area contributed by atoms with Crippen molar-refractivity contribution in [1.29, 1.82) is 0 Å². The average Bonchev–Trinajstić information content (AvgIpc) is 2.36. The van der Waals surface area contributed by atoms with Crippen molar-refractivity contribution in [2.24, 2.45) is 5.73 Å². The van der Waals surface area contributed by atoms with Crippen LogP contribution in [0.15, 0.2) is 24.3 Å². The van der Waals surface area contributed by atoms with Crippen LogP contribution in [-0.4, -0.2) is 25.1 Å². The molecule has 0 aromatic heterocycles. The molecule has 0 spiro atoms. The lowest BCUT2D eigenvalue weighted by molar-refractivity contribution is -0.121. The molecule has 4 nitrogen and oxygen atoms in total. The minimum Gasteiger partial charge on any atom is -0.487 e. The number of amides is 1. The van der Waals surface area contributed by atoms with Crippen LogP contribution in [0.4, 0.5) is 0 Å². The smallest absolute Gasteiger partial charge is 0.220 e. The first-order valence-corrected chi connectivity index (χ1v) is 6.39. The summed E-state index contributed by atoms with van der Waals surface area (Å²) in [6.07, 6.45) is 1.02. The summed E-state index contributed by atoms with van der Waals surface area (Å²) >= 11 is 5.97. The Morgan fingerprint density at radius 1 is 1.47 bits per heavy atom. The van der Waals surface area contributed by atoms with Gasteiger partial charge in [-0.3, -0.25) is 4.79 Å². The molecule has 1 unspecified atom stereocenters. The van der Waals surface area contributed by atoms with E-state index < -0.39 is 0 Å². The highest BCUT2D eigenvalue weighted by atomic mass is 35.5. The van der Waals surface area contributed by atoms with Crippen LogP contribution in [-0.2, 0) is 4.79 Å². The molecule has 6 heteroatoms. The Balaban J connectivity index is 0.00000324. The molecule has 1 atom stereocenters. The summed E-state index contributed by atoms with van der Waals surface area (Å²) < 4.78 is 5.63. The molecule has 0 bridgehead atoms. The van der Waals surface area contributed by atoms with Crippen molar-refractivity contribution in [2.75, 3.05) is 13.1 Å². The summed E-state index contributed by atoms with van der Waals surface area (Å²) in [5, 5.41) is 3.36. The number of nitrogens with two attached hydrogens (primary N) is 1. The Morgan fingerprint density at radius 2 is 2.16 bits per heavy atom. The normalized spacial score (nSPS) is 11.3. The van der Waals surface area contributed by atoms with Crippen LogP contribution in [0.3, 0.4) is 0 Å². The summed E-state index contributed by atoms with van der Waals surface area (Å²) in [6, 6.07) is 7.26. The molecule has 108 valence electrons. The average molecular weight is 307 g/mol. The molecule has 0 heterocycles. The van der Waals surface area contributed by atoms with Gasteiger partial charge in [-0.15, -0.1) is 12.4 Å². The highest BCUT2D eigenvalue weighted by Crippen LogP contribution is 2.23. The molecular formula is C13H20Cl2N2O2. The first kappa shape index (κ1) is 18.0. The molecule has 0 aliphatic rings. The van der Waals surface area contributed by atoms with Crippen LogP contribution < -0.4 is 15.8 Å². The first-order chi connectivity index (χ1) is 8.63. The number of halogens is 2. The van der Waals surface area contributed by atoms with Crippen molar-refractivity contribution in [2.45, 2.75) is 25.9 Å². The van der Waals surface area contributed by atoms with Gasteiger partial charge in [-0.05, 0) is 32.0 Å². The zero-order valence-electron chi connectivity index (χ0n) is 10.9. The van der Waals surface area contributed by atoms with Crippen LogP contribution in [0.2, 0.25) is 5.02 Å². The quantitative estimate of drug-likeness (QED) is 0.813. The van der Waals surface area contributed by atoms with Crippen LogP contribution >= 0.6 is 24.0 Å². The van der Waals surface area contributed by atoms with E-state index in [-0.39, 0.29) is 24.4 Å². The van der Waals surface area contributed by atoms with Gasteiger partial charge in [0.2, 0.25) is 5.91 Å². The summed E-state index contributed by atoms with van der Waals surface area (Å²) in [7, 11) is 0. The molecule has 1 aromatic carbocycles. The first-order valence-electron chi connectivity index (χ1n) is 6.01. The number of hydrogen-bond acceptors (Lipinski definition) is 3. The van der Waals surface area contributed by atoms with Gasteiger partial charge in [0.05, 0.1) is 11.6 Å². The van der Waals surface area contributed by atoms with Gasteiger partial charge in [-0.1, -0.05) is 23.7 Å². The zero-order chi connectivity index (χ0) is 13.4. The van der Waals surface area contributed by atoms with Gasteiger partial charge in [0.25, 0.3) is 0 Å². The van der Waals surface area contributed by atoms with Crippen LogP contribution in [0.5, 0.6) is 5.75 Å². The Labute approximate surface area is 125 Å². The molecule has 0 aliphatic heterocycles. The lowest BCUT2D eigenvalue weighted by atomic mass is 10.3. The third-order valence-electron chi connectivity index (χ3n) is 2.36. The lowest BCUT2D eigenvalue weighted by Crippen LogP contribution is -2.33. The minimum absolute atomic E-state index is 0. The lowest BCUT2D eigenvalue weighted by Gasteiger charge is -2.16. The molecule has 1 aromatic rings. The van der Waals surface area contributed by atoms with E-state index in [4.69, 9.17) is 22.1 Å². The van der Waals surface area contributed by atoms with Crippen LogP contribution in [0.25, 0.3) is 0 Å². The van der Waals surface area contributed by atoms with Gasteiger partial charge < -0.3 is 15.8 Å². The van der Waals surface area contributed by atoms with Gasteiger partial charge in [0.15, 0.2) is 0 Å².